The first-order valence-corrected chi connectivity index (χ1v) is 16.2. The maximum Gasteiger partial charge on any atom is 0.197 e. The molecule has 0 aliphatic heterocycles. The second kappa shape index (κ2) is 18.5. The van der Waals surface area contributed by atoms with E-state index in [1.165, 1.54) is 65.1 Å². The van der Waals surface area contributed by atoms with Gasteiger partial charge in [0.05, 0.1) is 47.7 Å². The van der Waals surface area contributed by atoms with Gasteiger partial charge < -0.3 is 32.8 Å². The molecule has 1 aromatic heterocycles. The summed E-state index contributed by atoms with van der Waals surface area (Å²) in [5, 5.41) is 0.295. The summed E-state index contributed by atoms with van der Waals surface area (Å²) in [6, 6.07) is 16.8. The molecule has 0 fully saturated rings. The number of hydrogen-bond acceptors (Lipinski definition) is 8. The summed E-state index contributed by atoms with van der Waals surface area (Å²) in [6.07, 6.45) is 10.1. The molecule has 0 atom stereocenters. The summed E-state index contributed by atoms with van der Waals surface area (Å²) in [5.74, 6) is 8.99. The topological polar surface area (TPSA) is 85.6 Å². The number of benzene rings is 3. The Morgan fingerprint density at radius 3 is 1.96 bits per heavy atom. The molecule has 0 aliphatic carbocycles. The van der Waals surface area contributed by atoms with Gasteiger partial charge in [0.2, 0.25) is 0 Å². The van der Waals surface area contributed by atoms with Crippen LogP contribution in [-0.4, -0.2) is 42.2 Å². The summed E-state index contributed by atoms with van der Waals surface area (Å²) in [7, 11) is 7.69. The van der Waals surface area contributed by atoms with E-state index in [9.17, 15) is 4.79 Å². The van der Waals surface area contributed by atoms with E-state index in [4.69, 9.17) is 32.8 Å². The lowest BCUT2D eigenvalue weighted by molar-refractivity contribution is 0.116. The molecule has 0 amide bonds. The van der Waals surface area contributed by atoms with Gasteiger partial charge in [-0.2, -0.15) is 0 Å². The van der Waals surface area contributed by atoms with Crippen molar-refractivity contribution in [3.8, 4) is 51.9 Å². The Balaban J connectivity index is 1.32. The van der Waals surface area contributed by atoms with Crippen LogP contribution in [-0.2, 0) is 11.3 Å². The molecule has 4 rings (SSSR count). The van der Waals surface area contributed by atoms with E-state index in [-0.39, 0.29) is 5.43 Å². The van der Waals surface area contributed by atoms with Gasteiger partial charge in [0.15, 0.2) is 22.7 Å². The molecule has 0 saturated heterocycles. The van der Waals surface area contributed by atoms with E-state index in [0.717, 1.165) is 32.3 Å². The van der Waals surface area contributed by atoms with Crippen LogP contribution in [0.15, 0.2) is 63.8 Å². The molecule has 0 N–H and O–H groups in total. The average molecular weight is 643 g/mol. The molecule has 0 spiro atoms. The molecule has 4 aromatic rings. The third-order valence-electron chi connectivity index (χ3n) is 8.00. The maximum atomic E-state index is 13.5. The number of ether oxygens (including phenoxy) is 6. The fourth-order valence-electron chi connectivity index (χ4n) is 5.50. The molecule has 8 heteroatoms. The second-order valence-corrected chi connectivity index (χ2v) is 11.2. The third kappa shape index (κ3) is 9.46. The third-order valence-corrected chi connectivity index (χ3v) is 8.00. The Morgan fingerprint density at radius 1 is 0.660 bits per heavy atom. The van der Waals surface area contributed by atoms with Gasteiger partial charge in [-0.1, -0.05) is 80.7 Å². The first-order valence-electron chi connectivity index (χ1n) is 16.2. The summed E-state index contributed by atoms with van der Waals surface area (Å²) < 4.78 is 39.8. The van der Waals surface area contributed by atoms with Crippen LogP contribution in [0.1, 0.15) is 68.9 Å². The van der Waals surface area contributed by atoms with Crippen LogP contribution in [0.3, 0.4) is 0 Å². The lowest BCUT2D eigenvalue weighted by atomic mass is 10.0. The van der Waals surface area contributed by atoms with Gasteiger partial charge in [-0.05, 0) is 24.5 Å². The highest BCUT2D eigenvalue weighted by Crippen LogP contribution is 2.42. The minimum absolute atomic E-state index is 0.277. The monoisotopic (exact) mass is 642 g/mol. The molecule has 3 aromatic carbocycles. The van der Waals surface area contributed by atoms with Crippen molar-refractivity contribution < 1.29 is 32.8 Å². The van der Waals surface area contributed by atoms with Crippen molar-refractivity contribution >= 4 is 11.0 Å². The first-order chi connectivity index (χ1) is 23.0. The number of methoxy groups -OCH3 is 5. The van der Waals surface area contributed by atoms with Crippen molar-refractivity contribution in [2.24, 2.45) is 0 Å². The summed E-state index contributed by atoms with van der Waals surface area (Å²) >= 11 is 0. The Morgan fingerprint density at radius 2 is 1.30 bits per heavy atom. The molecule has 250 valence electrons. The van der Waals surface area contributed by atoms with Crippen molar-refractivity contribution in [3.63, 3.8) is 0 Å². The van der Waals surface area contributed by atoms with Gasteiger partial charge in [-0.25, -0.2) is 0 Å². The van der Waals surface area contributed by atoms with Crippen LogP contribution in [0.5, 0.6) is 28.7 Å². The van der Waals surface area contributed by atoms with E-state index < -0.39 is 0 Å². The molecule has 0 radical (unpaired) electrons. The maximum absolute atomic E-state index is 13.5. The van der Waals surface area contributed by atoms with Gasteiger partial charge in [-0.3, -0.25) is 4.79 Å². The van der Waals surface area contributed by atoms with Gasteiger partial charge >= 0.3 is 0 Å². The normalized spacial score (nSPS) is 10.7. The van der Waals surface area contributed by atoms with Crippen molar-refractivity contribution in [1.29, 1.82) is 0 Å². The summed E-state index contributed by atoms with van der Waals surface area (Å²) in [6.45, 7) is 1.51. The summed E-state index contributed by atoms with van der Waals surface area (Å²) in [4.78, 5) is 13.5. The van der Waals surface area contributed by atoms with Gasteiger partial charge in [0, 0.05) is 31.2 Å². The van der Waals surface area contributed by atoms with Crippen molar-refractivity contribution in [3.05, 3.63) is 75.9 Å². The minimum atomic E-state index is -0.277. The number of rotatable bonds is 18. The van der Waals surface area contributed by atoms with E-state index in [1.54, 1.807) is 32.4 Å². The summed E-state index contributed by atoms with van der Waals surface area (Å²) in [5.41, 5.74) is 2.32. The molecule has 0 bridgehead atoms. The predicted octanol–water partition coefficient (Wildman–Crippen LogP) is 8.58. The zero-order valence-corrected chi connectivity index (χ0v) is 28.2. The molecular weight excluding hydrogens is 596 g/mol. The standard InChI is InChI=1S/C39H46O8/c1-41-32-26-37-38(31(40)24-34(47-37)30-23-35(43-3)36(44-4)25-33(30)42-2)39(45-5)29(32)21-17-12-10-8-6-7-9-11-13-18-22-46-27-28-19-15-14-16-20-28/h14-16,19-20,23-26H,6-13,18,22,27H2,1-5H3. The Kier molecular flexibility index (Phi) is 13.9. The van der Waals surface area contributed by atoms with E-state index >= 15 is 0 Å². The number of hydrogen-bond donors (Lipinski definition) is 0. The molecule has 0 unspecified atom stereocenters. The van der Waals surface area contributed by atoms with Gasteiger partial charge in [-0.15, -0.1) is 0 Å². The Bertz CT molecular complexity index is 1700. The zero-order valence-electron chi connectivity index (χ0n) is 28.2. The van der Waals surface area contributed by atoms with Crippen molar-refractivity contribution in [2.45, 2.75) is 64.4 Å². The quantitative estimate of drug-likeness (QED) is 0.0788. The highest BCUT2D eigenvalue weighted by Gasteiger charge is 2.21. The molecular formula is C39H46O8. The fourth-order valence-corrected chi connectivity index (χ4v) is 5.50. The van der Waals surface area contributed by atoms with Gasteiger partial charge in [0.25, 0.3) is 0 Å². The largest absolute Gasteiger partial charge is 0.496 e. The van der Waals surface area contributed by atoms with E-state index in [2.05, 4.69) is 24.0 Å². The van der Waals surface area contributed by atoms with Crippen LogP contribution < -0.4 is 29.1 Å². The average Bonchev–Trinajstić information content (AvgIpc) is 3.10. The number of fused-ring (bicyclic) bond motifs is 1. The van der Waals surface area contributed by atoms with Crippen LogP contribution in [0.4, 0.5) is 0 Å². The van der Waals surface area contributed by atoms with Crippen LogP contribution >= 0.6 is 0 Å². The Hall–Kier alpha value is -4.61. The number of unbranched alkanes of at least 4 members (excludes halogenated alkanes) is 8. The molecule has 1 heterocycles. The van der Waals surface area contributed by atoms with Gasteiger partial charge in [0.1, 0.15) is 33.8 Å². The van der Waals surface area contributed by atoms with Crippen LogP contribution in [0.25, 0.3) is 22.3 Å². The van der Waals surface area contributed by atoms with E-state index in [1.807, 2.05) is 18.2 Å². The molecule has 0 aliphatic rings. The molecule has 0 saturated carbocycles. The van der Waals surface area contributed by atoms with E-state index in [0.29, 0.717) is 63.2 Å². The molecule has 47 heavy (non-hydrogen) atoms. The van der Waals surface area contributed by atoms with Crippen LogP contribution in [0, 0.1) is 11.8 Å². The second-order valence-electron chi connectivity index (χ2n) is 11.2. The van der Waals surface area contributed by atoms with Crippen molar-refractivity contribution in [1.82, 2.24) is 0 Å². The highest BCUT2D eigenvalue weighted by atomic mass is 16.5. The Labute approximate surface area is 277 Å². The predicted molar refractivity (Wildman–Crippen MR) is 185 cm³/mol. The fraction of sp³-hybridized carbons (Fsp3) is 0.410. The lowest BCUT2D eigenvalue weighted by Gasteiger charge is -2.15. The van der Waals surface area contributed by atoms with Crippen LogP contribution in [0.2, 0.25) is 0 Å². The smallest absolute Gasteiger partial charge is 0.197 e. The lowest BCUT2D eigenvalue weighted by Crippen LogP contribution is -2.06. The highest BCUT2D eigenvalue weighted by molar-refractivity contribution is 5.90. The minimum Gasteiger partial charge on any atom is -0.496 e. The van der Waals surface area contributed by atoms with Crippen molar-refractivity contribution in [2.75, 3.05) is 42.2 Å². The SMILES string of the molecule is COc1cc(OC)c(-c2cc(=O)c3c(OC)c(C#CCCCCCCCCCCOCc4ccccc4)c(OC)cc3o2)cc1OC. The molecule has 8 nitrogen and oxygen atoms in total. The first kappa shape index (κ1) is 35.2. The zero-order chi connectivity index (χ0) is 33.4.